The highest BCUT2D eigenvalue weighted by molar-refractivity contribution is 5.81. The molecule has 2 N–H and O–H groups in total. The number of imidazole rings is 1. The summed E-state index contributed by atoms with van der Waals surface area (Å²) in [5.41, 5.74) is 10.9. The summed E-state index contributed by atoms with van der Waals surface area (Å²) in [5.74, 6) is 0.950. The average Bonchev–Trinajstić information content (AvgIpc) is 2.78. The molecular formula is C17H17N3. The monoisotopic (exact) mass is 263 g/mol. The third-order valence-electron chi connectivity index (χ3n) is 3.38. The normalized spacial score (nSPS) is 10.8. The zero-order valence-electron chi connectivity index (χ0n) is 11.5. The highest BCUT2D eigenvalue weighted by Crippen LogP contribution is 2.26. The number of hydrogen-bond acceptors (Lipinski definition) is 2. The summed E-state index contributed by atoms with van der Waals surface area (Å²) >= 11 is 0. The van der Waals surface area contributed by atoms with Crippen LogP contribution in [-0.2, 0) is 6.54 Å². The van der Waals surface area contributed by atoms with E-state index in [1.807, 2.05) is 30.3 Å². The Labute approximate surface area is 118 Å². The van der Waals surface area contributed by atoms with Crippen LogP contribution in [0, 0.1) is 6.92 Å². The number of allylic oxidation sites excluding steroid dienone is 1. The maximum atomic E-state index is 5.75. The summed E-state index contributed by atoms with van der Waals surface area (Å²) < 4.78 is 2.17. The molecule has 0 bridgehead atoms. The molecule has 0 saturated heterocycles. The minimum Gasteiger partial charge on any atom is -0.399 e. The SMILES string of the molecule is C=CCn1c(-c2ccc(N)cc2)nc2cc(C)ccc21. The molecule has 1 aromatic heterocycles. The number of anilines is 1. The van der Waals surface area contributed by atoms with Crippen molar-refractivity contribution in [3.05, 3.63) is 60.7 Å². The number of benzene rings is 2. The number of nitrogens with zero attached hydrogens (tertiary/aromatic N) is 2. The highest BCUT2D eigenvalue weighted by atomic mass is 15.1. The Bertz CT molecular complexity index is 767. The van der Waals surface area contributed by atoms with Crippen molar-refractivity contribution in [1.82, 2.24) is 9.55 Å². The largest absolute Gasteiger partial charge is 0.399 e. The molecule has 100 valence electrons. The van der Waals surface area contributed by atoms with E-state index < -0.39 is 0 Å². The van der Waals surface area contributed by atoms with E-state index in [1.54, 1.807) is 0 Å². The molecule has 3 nitrogen and oxygen atoms in total. The zero-order chi connectivity index (χ0) is 14.1. The van der Waals surface area contributed by atoms with E-state index in [0.717, 1.165) is 34.7 Å². The van der Waals surface area contributed by atoms with Crippen LogP contribution in [0.3, 0.4) is 0 Å². The first-order valence-electron chi connectivity index (χ1n) is 6.63. The molecule has 0 radical (unpaired) electrons. The van der Waals surface area contributed by atoms with Gasteiger partial charge in [-0.1, -0.05) is 12.1 Å². The Kier molecular flexibility index (Phi) is 3.03. The molecule has 0 unspecified atom stereocenters. The summed E-state index contributed by atoms with van der Waals surface area (Å²) in [6.07, 6.45) is 1.89. The van der Waals surface area contributed by atoms with Crippen LogP contribution in [0.2, 0.25) is 0 Å². The van der Waals surface area contributed by atoms with E-state index in [2.05, 4.69) is 36.3 Å². The Hall–Kier alpha value is -2.55. The van der Waals surface area contributed by atoms with Gasteiger partial charge in [0.15, 0.2) is 0 Å². The van der Waals surface area contributed by atoms with E-state index >= 15 is 0 Å². The van der Waals surface area contributed by atoms with Crippen LogP contribution >= 0.6 is 0 Å². The first-order valence-corrected chi connectivity index (χ1v) is 6.63. The van der Waals surface area contributed by atoms with Crippen molar-refractivity contribution >= 4 is 16.7 Å². The Morgan fingerprint density at radius 1 is 1.20 bits per heavy atom. The molecule has 0 spiro atoms. The maximum absolute atomic E-state index is 5.75. The Morgan fingerprint density at radius 2 is 1.95 bits per heavy atom. The van der Waals surface area contributed by atoms with Gasteiger partial charge >= 0.3 is 0 Å². The van der Waals surface area contributed by atoms with Crippen molar-refractivity contribution in [2.45, 2.75) is 13.5 Å². The van der Waals surface area contributed by atoms with Gasteiger partial charge in [0.25, 0.3) is 0 Å². The van der Waals surface area contributed by atoms with Crippen molar-refractivity contribution in [1.29, 1.82) is 0 Å². The number of aromatic nitrogens is 2. The van der Waals surface area contributed by atoms with Gasteiger partial charge in [-0.3, -0.25) is 0 Å². The smallest absolute Gasteiger partial charge is 0.141 e. The van der Waals surface area contributed by atoms with Gasteiger partial charge in [0.1, 0.15) is 5.82 Å². The van der Waals surface area contributed by atoms with Crippen LogP contribution in [0.5, 0.6) is 0 Å². The molecule has 3 heteroatoms. The molecule has 0 fully saturated rings. The minimum absolute atomic E-state index is 0.735. The lowest BCUT2D eigenvalue weighted by molar-refractivity contribution is 0.862. The third-order valence-corrected chi connectivity index (χ3v) is 3.38. The fourth-order valence-corrected chi connectivity index (χ4v) is 2.41. The number of nitrogens with two attached hydrogens (primary N) is 1. The summed E-state index contributed by atoms with van der Waals surface area (Å²) in [7, 11) is 0. The predicted molar refractivity (Wildman–Crippen MR) is 84.5 cm³/mol. The van der Waals surface area contributed by atoms with Crippen LogP contribution in [0.1, 0.15) is 5.56 Å². The summed E-state index contributed by atoms with van der Waals surface area (Å²) in [5, 5.41) is 0. The maximum Gasteiger partial charge on any atom is 0.141 e. The van der Waals surface area contributed by atoms with Crippen LogP contribution < -0.4 is 5.73 Å². The van der Waals surface area contributed by atoms with E-state index in [4.69, 9.17) is 10.7 Å². The van der Waals surface area contributed by atoms with Crippen molar-refractivity contribution in [3.8, 4) is 11.4 Å². The molecule has 0 atom stereocenters. The van der Waals surface area contributed by atoms with Crippen molar-refractivity contribution in [2.75, 3.05) is 5.73 Å². The molecule has 1 heterocycles. The first-order chi connectivity index (χ1) is 9.69. The minimum atomic E-state index is 0.735. The number of nitrogen functional groups attached to an aromatic ring is 1. The molecule has 0 aliphatic heterocycles. The second-order valence-electron chi connectivity index (χ2n) is 4.95. The van der Waals surface area contributed by atoms with Gasteiger partial charge in [-0.2, -0.15) is 0 Å². The van der Waals surface area contributed by atoms with Gasteiger partial charge in [0.05, 0.1) is 11.0 Å². The lowest BCUT2D eigenvalue weighted by Crippen LogP contribution is -1.98. The van der Waals surface area contributed by atoms with Crippen molar-refractivity contribution in [2.24, 2.45) is 0 Å². The quantitative estimate of drug-likeness (QED) is 0.577. The number of aryl methyl sites for hydroxylation is 1. The van der Waals surface area contributed by atoms with E-state index in [9.17, 15) is 0 Å². The van der Waals surface area contributed by atoms with Gasteiger partial charge in [0, 0.05) is 17.8 Å². The standard InChI is InChI=1S/C17H17N3/c1-3-10-20-16-9-4-12(2)11-15(16)19-17(20)13-5-7-14(18)8-6-13/h3-9,11H,1,10,18H2,2H3. The zero-order valence-corrected chi connectivity index (χ0v) is 11.5. The predicted octanol–water partition coefficient (Wildman–Crippen LogP) is 3.78. The van der Waals surface area contributed by atoms with Gasteiger partial charge in [-0.05, 0) is 48.9 Å². The van der Waals surface area contributed by atoms with Gasteiger partial charge in [0.2, 0.25) is 0 Å². The molecular weight excluding hydrogens is 246 g/mol. The average molecular weight is 263 g/mol. The third kappa shape index (κ3) is 2.07. The first kappa shape index (κ1) is 12.5. The molecule has 3 rings (SSSR count). The van der Waals surface area contributed by atoms with Gasteiger partial charge < -0.3 is 10.3 Å². The summed E-state index contributed by atoms with van der Waals surface area (Å²) in [6, 6.07) is 14.1. The summed E-state index contributed by atoms with van der Waals surface area (Å²) in [6.45, 7) is 6.65. The van der Waals surface area contributed by atoms with Crippen molar-refractivity contribution in [3.63, 3.8) is 0 Å². The Balaban J connectivity index is 2.25. The molecule has 0 aliphatic rings. The van der Waals surface area contributed by atoms with Crippen LogP contribution in [-0.4, -0.2) is 9.55 Å². The van der Waals surface area contributed by atoms with Gasteiger partial charge in [-0.25, -0.2) is 4.98 Å². The molecule has 20 heavy (non-hydrogen) atoms. The lowest BCUT2D eigenvalue weighted by Gasteiger charge is -2.06. The fraction of sp³-hybridized carbons (Fsp3) is 0.118. The van der Waals surface area contributed by atoms with E-state index in [-0.39, 0.29) is 0 Å². The van der Waals surface area contributed by atoms with Crippen LogP contribution in [0.4, 0.5) is 5.69 Å². The molecule has 3 aromatic rings. The number of rotatable bonds is 3. The molecule has 0 aliphatic carbocycles. The number of hydrogen-bond donors (Lipinski definition) is 1. The van der Waals surface area contributed by atoms with Crippen molar-refractivity contribution < 1.29 is 0 Å². The van der Waals surface area contributed by atoms with Gasteiger partial charge in [-0.15, -0.1) is 6.58 Å². The Morgan fingerprint density at radius 3 is 2.65 bits per heavy atom. The fourth-order valence-electron chi connectivity index (χ4n) is 2.41. The van der Waals surface area contributed by atoms with E-state index in [0.29, 0.717) is 0 Å². The second kappa shape index (κ2) is 4.85. The topological polar surface area (TPSA) is 43.8 Å². The molecule has 0 saturated carbocycles. The number of fused-ring (bicyclic) bond motifs is 1. The summed E-state index contributed by atoms with van der Waals surface area (Å²) in [4.78, 5) is 4.77. The van der Waals surface area contributed by atoms with E-state index in [1.165, 1.54) is 5.56 Å². The lowest BCUT2D eigenvalue weighted by atomic mass is 10.2. The highest BCUT2D eigenvalue weighted by Gasteiger charge is 2.11. The molecule has 2 aromatic carbocycles. The molecule has 0 amide bonds. The van der Waals surface area contributed by atoms with Crippen LogP contribution in [0.15, 0.2) is 55.1 Å². The second-order valence-corrected chi connectivity index (χ2v) is 4.95. The van der Waals surface area contributed by atoms with Crippen LogP contribution in [0.25, 0.3) is 22.4 Å².